The number of carbonyl (C=O) groups is 4. The van der Waals surface area contributed by atoms with Crippen molar-refractivity contribution in [1.29, 1.82) is 0 Å². The van der Waals surface area contributed by atoms with Gasteiger partial charge < -0.3 is 20.5 Å². The van der Waals surface area contributed by atoms with Crippen LogP contribution in [0.4, 0.5) is 4.79 Å². The minimum atomic E-state index is -1.25. The van der Waals surface area contributed by atoms with Crippen LogP contribution in [0.25, 0.3) is 0 Å². The number of thioether (sulfide) groups is 1. The largest absolute Gasteiger partial charge is 0.480 e. The predicted octanol–water partition coefficient (Wildman–Crippen LogP) is 1.40. The monoisotopic (exact) mass is 491 g/mol. The zero-order valence-electron chi connectivity index (χ0n) is 19.8. The van der Waals surface area contributed by atoms with E-state index in [1.54, 1.807) is 12.1 Å². The quantitative estimate of drug-likeness (QED) is 0.302. The van der Waals surface area contributed by atoms with Crippen LogP contribution in [0.1, 0.15) is 29.8 Å². The molecule has 184 valence electrons. The fraction of sp³-hybridized carbons (Fsp3) is 0.435. The third-order valence-electron chi connectivity index (χ3n) is 5.42. The number of ketones is 1. The lowest BCUT2D eigenvalue weighted by molar-refractivity contribution is -0.715. The molecule has 2 rings (SSSR count). The molecule has 1 heterocycles. The summed E-state index contributed by atoms with van der Waals surface area (Å²) in [4.78, 5) is 47.6. The highest BCUT2D eigenvalue weighted by Gasteiger charge is 2.24. The summed E-state index contributed by atoms with van der Waals surface area (Å²) < 4.78 is 9.01. The van der Waals surface area contributed by atoms with Crippen molar-refractivity contribution in [2.45, 2.75) is 44.5 Å². The van der Waals surface area contributed by atoms with Gasteiger partial charge in [0.1, 0.15) is 36.4 Å². The molecule has 0 bridgehead atoms. The lowest BCUT2D eigenvalue weighted by Crippen LogP contribution is -2.45. The van der Waals surface area contributed by atoms with Gasteiger partial charge >= 0.3 is 17.2 Å². The van der Waals surface area contributed by atoms with Gasteiger partial charge in [-0.15, -0.1) is 0 Å². The van der Waals surface area contributed by atoms with Crippen LogP contribution in [0.3, 0.4) is 0 Å². The number of nitrogens with one attached hydrogen (secondary N) is 2. The number of Topliss-reactive ketones (excluding diaryl/α,β-unsaturated/α-hetero) is 1. The highest BCUT2D eigenvalue weighted by atomic mass is 32.2. The van der Waals surface area contributed by atoms with Crippen LogP contribution < -0.4 is 15.2 Å². The Kier molecular flexibility index (Phi) is 10.1. The van der Waals surface area contributed by atoms with Gasteiger partial charge in [0.25, 0.3) is 0 Å². The number of imidazole rings is 1. The molecular formula is C23H31N4O6S+. The van der Waals surface area contributed by atoms with Gasteiger partial charge in [0.05, 0.1) is 19.8 Å². The summed E-state index contributed by atoms with van der Waals surface area (Å²) in [5, 5.41) is 14.9. The normalized spacial score (nSPS) is 11.5. The van der Waals surface area contributed by atoms with E-state index in [2.05, 4.69) is 10.6 Å². The number of nitrogens with zero attached hydrogens (tertiary/aromatic N) is 2. The van der Waals surface area contributed by atoms with E-state index in [0.717, 1.165) is 22.1 Å². The first kappa shape index (κ1) is 26.9. The molecule has 3 N–H and O–H groups in total. The number of hydrogen-bond acceptors (Lipinski definition) is 6. The summed E-state index contributed by atoms with van der Waals surface area (Å²) in [5.41, 5.74) is 2.99. The molecule has 0 aliphatic heterocycles. The molecule has 0 radical (unpaired) electrons. The highest BCUT2D eigenvalue weighted by Crippen LogP contribution is 2.18. The highest BCUT2D eigenvalue weighted by molar-refractivity contribution is 7.99. The molecule has 1 atom stereocenters. The van der Waals surface area contributed by atoms with E-state index in [0.29, 0.717) is 0 Å². The fourth-order valence-electron chi connectivity index (χ4n) is 3.14. The first-order chi connectivity index (χ1) is 16.1. The van der Waals surface area contributed by atoms with Crippen LogP contribution in [-0.2, 0) is 39.8 Å². The Bertz CT molecular complexity index is 1010. The molecule has 0 saturated heterocycles. The van der Waals surface area contributed by atoms with E-state index in [4.69, 9.17) is 4.74 Å². The van der Waals surface area contributed by atoms with E-state index in [1.807, 2.05) is 55.3 Å². The lowest BCUT2D eigenvalue weighted by Gasteiger charge is -2.14. The van der Waals surface area contributed by atoms with Crippen LogP contribution in [0.2, 0.25) is 0 Å². The number of carboxylic acids is 1. The van der Waals surface area contributed by atoms with Crippen molar-refractivity contribution in [2.75, 3.05) is 12.3 Å². The number of aromatic nitrogens is 2. The molecule has 0 spiro atoms. The lowest BCUT2D eigenvalue weighted by atomic mass is 10.1. The molecule has 0 saturated carbocycles. The third-order valence-corrected chi connectivity index (χ3v) is 6.69. The molecule has 0 fully saturated rings. The topological polar surface area (TPSA) is 131 Å². The van der Waals surface area contributed by atoms with Crippen molar-refractivity contribution < 1.29 is 33.6 Å². The average molecular weight is 492 g/mol. The Morgan fingerprint density at radius 3 is 2.44 bits per heavy atom. The van der Waals surface area contributed by atoms with Crippen molar-refractivity contribution >= 4 is 35.5 Å². The van der Waals surface area contributed by atoms with E-state index in [1.165, 1.54) is 11.8 Å². The summed E-state index contributed by atoms with van der Waals surface area (Å²) in [5.74, 6) is -1.86. The molecule has 34 heavy (non-hydrogen) atoms. The minimum Gasteiger partial charge on any atom is -0.480 e. The second kappa shape index (κ2) is 12.8. The first-order valence-corrected chi connectivity index (χ1v) is 11.7. The van der Waals surface area contributed by atoms with Gasteiger partial charge in [0.15, 0.2) is 0 Å². The fourth-order valence-corrected chi connectivity index (χ4v) is 4.24. The Labute approximate surface area is 202 Å². The van der Waals surface area contributed by atoms with Gasteiger partial charge in [-0.3, -0.25) is 9.59 Å². The van der Waals surface area contributed by atoms with Crippen LogP contribution in [0.5, 0.6) is 0 Å². The summed E-state index contributed by atoms with van der Waals surface area (Å²) >= 11 is 1.39. The summed E-state index contributed by atoms with van der Waals surface area (Å²) in [6.45, 7) is 3.61. The van der Waals surface area contributed by atoms with Crippen molar-refractivity contribution in [3.8, 4) is 0 Å². The zero-order valence-corrected chi connectivity index (χ0v) is 20.6. The van der Waals surface area contributed by atoms with Gasteiger partial charge in [-0.2, -0.15) is 0 Å². The van der Waals surface area contributed by atoms with Crippen LogP contribution in [0, 0.1) is 13.8 Å². The maximum atomic E-state index is 12.3. The second-order valence-electron chi connectivity index (χ2n) is 7.81. The number of rotatable bonds is 12. The number of amides is 2. The number of carbonyl (C=O) groups excluding carboxylic acids is 3. The summed E-state index contributed by atoms with van der Waals surface area (Å²) in [7, 11) is 3.85. The standard InChI is InChI=1S/C23H30N4O6S/c1-15-16(2)27(4)23(26(15)3)34-14-18(28)10-11-19(21(30)31)25-20(29)12-24-22(32)33-13-17-8-6-5-7-9-17/h5-9,19H,10-14H2,1-4H3,(H2-,24,25,29,30,31,32)/p+1/t19-/m0/s1. The van der Waals surface area contributed by atoms with Crippen LogP contribution >= 0.6 is 11.8 Å². The number of benzene rings is 1. The van der Waals surface area contributed by atoms with Gasteiger partial charge in [-0.05, 0) is 23.7 Å². The molecule has 1 aromatic heterocycles. The Morgan fingerprint density at radius 2 is 1.85 bits per heavy atom. The minimum absolute atomic E-state index is 0.00287. The van der Waals surface area contributed by atoms with Gasteiger partial charge in [0, 0.05) is 20.3 Å². The number of ether oxygens (including phenoxy) is 1. The molecule has 0 aliphatic rings. The van der Waals surface area contributed by atoms with E-state index >= 15 is 0 Å². The van der Waals surface area contributed by atoms with Crippen LogP contribution in [0.15, 0.2) is 35.5 Å². The number of hydrogen-bond donors (Lipinski definition) is 3. The van der Waals surface area contributed by atoms with Gasteiger partial charge in [0.2, 0.25) is 5.91 Å². The smallest absolute Gasteiger partial charge is 0.407 e. The summed E-state index contributed by atoms with van der Waals surface area (Å²) in [6.07, 6.45) is -0.837. The molecule has 0 aliphatic carbocycles. The number of carboxylic acid groups (broad SMARTS) is 1. The van der Waals surface area contributed by atoms with Gasteiger partial charge in [-0.25, -0.2) is 18.7 Å². The molecule has 1 aromatic carbocycles. The first-order valence-electron chi connectivity index (χ1n) is 10.7. The third kappa shape index (κ3) is 7.91. The Hall–Kier alpha value is -3.34. The van der Waals surface area contributed by atoms with Crippen molar-refractivity contribution in [2.24, 2.45) is 14.1 Å². The molecule has 11 heteroatoms. The second-order valence-corrected chi connectivity index (χ2v) is 8.75. The molecule has 2 amide bonds. The van der Waals surface area contributed by atoms with Gasteiger partial charge in [-0.1, -0.05) is 30.3 Å². The van der Waals surface area contributed by atoms with Crippen molar-refractivity contribution in [3.05, 3.63) is 47.3 Å². The Balaban J connectivity index is 1.74. The zero-order chi connectivity index (χ0) is 25.3. The van der Waals surface area contributed by atoms with E-state index < -0.39 is 30.6 Å². The van der Waals surface area contributed by atoms with E-state index in [9.17, 15) is 24.3 Å². The molecular weight excluding hydrogens is 460 g/mol. The van der Waals surface area contributed by atoms with E-state index in [-0.39, 0.29) is 31.0 Å². The maximum absolute atomic E-state index is 12.3. The molecule has 2 aromatic rings. The van der Waals surface area contributed by atoms with Crippen LogP contribution in [-0.4, -0.2) is 51.8 Å². The average Bonchev–Trinajstić information content (AvgIpc) is 3.00. The predicted molar refractivity (Wildman–Crippen MR) is 125 cm³/mol. The molecule has 0 unspecified atom stereocenters. The van der Waals surface area contributed by atoms with Crippen molar-refractivity contribution in [3.63, 3.8) is 0 Å². The number of alkyl carbamates (subject to hydrolysis) is 1. The summed E-state index contributed by atoms with van der Waals surface area (Å²) in [6, 6.07) is 7.80. The SMILES string of the molecule is Cc1c(C)[n+](C)c(SCC(=O)CC[C@H](NC(=O)CNC(=O)OCc2ccccc2)C(=O)O)n1C. The van der Waals surface area contributed by atoms with Crippen molar-refractivity contribution in [1.82, 2.24) is 15.2 Å². The number of aliphatic carboxylic acids is 1. The maximum Gasteiger partial charge on any atom is 0.407 e. The Morgan fingerprint density at radius 1 is 1.18 bits per heavy atom. The molecule has 10 nitrogen and oxygen atoms in total.